The van der Waals surface area contributed by atoms with Crippen LogP contribution in [0.15, 0.2) is 52.5 Å². The second-order valence-electron chi connectivity index (χ2n) is 20.9. The molecule has 0 saturated carbocycles. The summed E-state index contributed by atoms with van der Waals surface area (Å²) in [5, 5.41) is 22.3. The lowest BCUT2D eigenvalue weighted by atomic mass is 9.81. The number of rotatable bonds is 24. The number of aromatic nitrogens is 7. The van der Waals surface area contributed by atoms with Gasteiger partial charge in [0.1, 0.15) is 12.0 Å². The number of benzene rings is 1. The van der Waals surface area contributed by atoms with Crippen LogP contribution in [-0.2, 0) is 52.8 Å². The van der Waals surface area contributed by atoms with E-state index in [4.69, 9.17) is 24.9 Å². The molecule has 2 aliphatic heterocycles. The third kappa shape index (κ3) is 12.7. The first-order valence-corrected chi connectivity index (χ1v) is 27.9. The van der Waals surface area contributed by atoms with E-state index in [1.165, 1.54) is 25.4 Å². The highest BCUT2D eigenvalue weighted by Gasteiger charge is 2.47. The van der Waals surface area contributed by atoms with Gasteiger partial charge in [-0.25, -0.2) is 14.8 Å². The molecule has 1 aliphatic carbocycles. The number of H-pyrrole nitrogens is 4. The van der Waals surface area contributed by atoms with Crippen molar-refractivity contribution in [2.24, 2.45) is 22.7 Å². The number of anilines is 2. The second-order valence-corrected chi connectivity index (χ2v) is 20.9. The zero-order valence-corrected chi connectivity index (χ0v) is 47.7. The number of amides is 3. The number of fused-ring (bicyclic) bond motifs is 8. The number of nitrogen functional groups attached to an aromatic ring is 1. The number of nitrogens with two attached hydrogens (primary N) is 1. The van der Waals surface area contributed by atoms with Crippen molar-refractivity contribution in [3.8, 4) is 0 Å². The first-order valence-electron chi connectivity index (χ1n) is 27.9. The number of carboxylic acid groups (broad SMARTS) is 1. The Morgan fingerprint density at radius 1 is 0.881 bits per heavy atom. The van der Waals surface area contributed by atoms with E-state index in [-0.39, 0.29) is 112 Å². The van der Waals surface area contributed by atoms with Crippen LogP contribution in [0.2, 0.25) is 0 Å². The molecular formula is C60H69N13O11. The third-order valence-electron chi connectivity index (χ3n) is 15.7. The number of carbonyl (C=O) groups excluding carboxylic acids is 5. The van der Waals surface area contributed by atoms with E-state index in [1.807, 2.05) is 32.1 Å². The van der Waals surface area contributed by atoms with Crippen molar-refractivity contribution >= 4 is 87.8 Å². The Hall–Kier alpha value is -9.29. The molecule has 24 heteroatoms. The monoisotopic (exact) mass is 1150 g/mol. The maximum Gasteiger partial charge on any atom is 0.326 e. The van der Waals surface area contributed by atoms with E-state index < -0.39 is 41.3 Å². The molecule has 0 fully saturated rings. The van der Waals surface area contributed by atoms with E-state index >= 15 is 0 Å². The van der Waals surface area contributed by atoms with Crippen molar-refractivity contribution in [1.82, 2.24) is 50.8 Å². The summed E-state index contributed by atoms with van der Waals surface area (Å²) in [6.07, 6.45) is 8.96. The summed E-state index contributed by atoms with van der Waals surface area (Å²) in [7, 11) is 1.27. The molecule has 24 nitrogen and oxygen atoms in total. The number of nitrogens with zero attached hydrogens (tertiary/aromatic N) is 4. The molecule has 11 N–H and O–H groups in total. The molecule has 5 aromatic heterocycles. The Labute approximate surface area is 482 Å². The van der Waals surface area contributed by atoms with Crippen LogP contribution >= 0.6 is 0 Å². The van der Waals surface area contributed by atoms with Crippen molar-refractivity contribution in [2.45, 2.75) is 85.7 Å². The summed E-state index contributed by atoms with van der Waals surface area (Å²) >= 11 is 0. The summed E-state index contributed by atoms with van der Waals surface area (Å²) < 4.78 is 16.5. The van der Waals surface area contributed by atoms with E-state index in [0.717, 1.165) is 68.1 Å². The van der Waals surface area contributed by atoms with Gasteiger partial charge in [-0.2, -0.15) is 4.98 Å². The number of carbonyl (C=O) groups is 6. The van der Waals surface area contributed by atoms with Gasteiger partial charge < -0.3 is 61.3 Å². The van der Waals surface area contributed by atoms with E-state index in [0.29, 0.717) is 46.4 Å². The van der Waals surface area contributed by atoms with Crippen LogP contribution in [0.5, 0.6) is 0 Å². The number of aliphatic carboxylic acids is 1. The molecular weight excluding hydrogens is 1080 g/mol. The quantitative estimate of drug-likeness (QED) is 0.0236. The largest absolute Gasteiger partial charge is 0.480 e. The number of ether oxygens (including phenoxy) is 3. The van der Waals surface area contributed by atoms with Gasteiger partial charge in [0.2, 0.25) is 17.8 Å². The van der Waals surface area contributed by atoms with Crippen LogP contribution in [0.4, 0.5) is 11.6 Å². The predicted octanol–water partition coefficient (Wildman–Crippen LogP) is 3.35. The summed E-state index contributed by atoms with van der Waals surface area (Å²) in [6, 6.07) is 4.94. The molecule has 84 heavy (non-hydrogen) atoms. The molecule has 4 atom stereocenters. The van der Waals surface area contributed by atoms with Crippen LogP contribution in [-0.4, -0.2) is 134 Å². The van der Waals surface area contributed by atoms with Gasteiger partial charge in [-0.15, -0.1) is 0 Å². The number of ketones is 1. The molecule has 3 amide bonds. The van der Waals surface area contributed by atoms with Crippen molar-refractivity contribution in [3.63, 3.8) is 0 Å². The minimum Gasteiger partial charge on any atom is -0.480 e. The summed E-state index contributed by atoms with van der Waals surface area (Å²) in [6.45, 7) is 15.8. The molecule has 7 heterocycles. The molecule has 0 radical (unpaired) electrons. The van der Waals surface area contributed by atoms with Gasteiger partial charge in [-0.1, -0.05) is 26.5 Å². The van der Waals surface area contributed by atoms with Crippen LogP contribution in [0.3, 0.4) is 0 Å². The van der Waals surface area contributed by atoms with Crippen LogP contribution < -0.4 is 43.3 Å². The van der Waals surface area contributed by atoms with Gasteiger partial charge >= 0.3 is 11.9 Å². The highest BCUT2D eigenvalue weighted by atomic mass is 16.5. The van der Waals surface area contributed by atoms with Crippen LogP contribution in [0.1, 0.15) is 117 Å². The lowest BCUT2D eigenvalue weighted by Gasteiger charge is -2.21. The number of hydrogen-bond donors (Lipinski definition) is 10. The highest BCUT2D eigenvalue weighted by molar-refractivity contribution is 6.35. The zero-order valence-electron chi connectivity index (χ0n) is 47.7. The minimum absolute atomic E-state index is 0.0396. The van der Waals surface area contributed by atoms with Gasteiger partial charge in [0.15, 0.2) is 16.9 Å². The molecule has 1 aromatic carbocycles. The van der Waals surface area contributed by atoms with Crippen LogP contribution in [0, 0.1) is 38.5 Å². The molecule has 440 valence electrons. The fraction of sp³-hybridized carbons (Fsp3) is 0.383. The van der Waals surface area contributed by atoms with Gasteiger partial charge in [0.05, 0.1) is 63.0 Å². The predicted molar refractivity (Wildman–Crippen MR) is 314 cm³/mol. The summed E-state index contributed by atoms with van der Waals surface area (Å²) in [5.41, 5.74) is 17.6. The van der Waals surface area contributed by atoms with E-state index in [2.05, 4.69) is 83.5 Å². The lowest BCUT2D eigenvalue weighted by molar-refractivity contribution is -0.142. The Balaban J connectivity index is 0.723. The highest BCUT2D eigenvalue weighted by Crippen LogP contribution is 2.42. The fourth-order valence-corrected chi connectivity index (χ4v) is 11.2. The number of aromatic amines is 4. The SMILES string of the molecule is C=Cc1c2[nH]c(c1C)C=C1N=C(C3=c4[nH]c(c(C)c4C(=O)[C@@H]3C(=O)OC)=Cc3[nH]c(c(C)c3CC)C2)[C@@H](CCC(=O)NCCOCCOCCNC(=O)CCC(NC(=O)c2ccc(NCc3cnc4nc(N)[nH]c(=O)c4n3)cc2)C(=O)O)[C@@H]1C. The van der Waals surface area contributed by atoms with Gasteiger partial charge in [0.25, 0.3) is 11.5 Å². The average Bonchev–Trinajstić information content (AvgIpc) is 1.75. The third-order valence-corrected chi connectivity index (χ3v) is 15.7. The fourth-order valence-electron chi connectivity index (χ4n) is 11.2. The molecule has 1 unspecified atom stereocenters. The smallest absolute Gasteiger partial charge is 0.326 e. The normalized spacial score (nSPS) is 16.4. The van der Waals surface area contributed by atoms with Crippen molar-refractivity contribution in [1.29, 1.82) is 0 Å². The number of esters is 1. The summed E-state index contributed by atoms with van der Waals surface area (Å²) in [4.78, 5) is 122. The first-order chi connectivity index (χ1) is 40.4. The number of allylic oxidation sites excluding steroid dienone is 1. The number of Topliss-reactive ketones (excluding diaryl/α,β-unsaturated/α-hetero) is 1. The average molecular weight is 1150 g/mol. The standard InChI is InChI=1S/C60H69N13O11/c1-8-36-29(3)40-24-42-31(5)38(51(69-42)49-50(59(81)82-7)54(76)48-32(6)43(70-52(48)49)26-45-37(9-2)30(4)41(68-45)25-44(36)67-40)14-16-46(74)62-18-20-83-22-23-84-21-19-63-47(75)17-15-39(58(79)80)71-56(77)33-10-12-34(13-11-33)64-27-35-28-65-55-53(66-35)57(78)73-60(61)72-55/h8,10-13,24,26,28,31,38-39,50,64,67-68,70H,1,9,14-23,25,27H2,2-7H3,(H,62,74)(H,63,75)(H,71,77)(H,79,80)(H3,61,65,72,73,78)/t31-,38-,39?,50+/m0/s1. The van der Waals surface area contributed by atoms with Crippen molar-refractivity contribution in [2.75, 3.05) is 57.7 Å². The Morgan fingerprint density at radius 2 is 1.58 bits per heavy atom. The van der Waals surface area contributed by atoms with Crippen molar-refractivity contribution in [3.05, 3.63) is 131 Å². The van der Waals surface area contributed by atoms with Crippen molar-refractivity contribution < 1.29 is 48.1 Å². The zero-order chi connectivity index (χ0) is 59.9. The van der Waals surface area contributed by atoms with Gasteiger partial charge in [0, 0.05) is 100 Å². The molecule has 3 aliphatic rings. The molecule has 6 aromatic rings. The van der Waals surface area contributed by atoms with Crippen LogP contribution in [0.25, 0.3) is 35.0 Å². The number of carboxylic acids is 1. The molecule has 8 bridgehead atoms. The number of hydrogen-bond acceptors (Lipinski definition) is 16. The number of methoxy groups -OCH3 is 1. The molecule has 9 rings (SSSR count). The minimum atomic E-state index is -1.33. The first kappa shape index (κ1) is 59.3. The Morgan fingerprint density at radius 3 is 2.26 bits per heavy atom. The molecule has 0 saturated heterocycles. The maximum atomic E-state index is 14.4. The van der Waals surface area contributed by atoms with Gasteiger partial charge in [-0.3, -0.25) is 38.7 Å². The van der Waals surface area contributed by atoms with Gasteiger partial charge in [-0.05, 0) is 104 Å². The van der Waals surface area contributed by atoms with E-state index in [1.54, 1.807) is 12.1 Å². The lowest BCUT2D eigenvalue weighted by Crippen LogP contribution is -2.41. The topological polar surface area (TPSA) is 356 Å². The number of aliphatic imine (C=N–C) groups is 1. The Bertz CT molecular complexity index is 3850. The molecule has 0 spiro atoms. The second kappa shape index (κ2) is 25.9. The Kier molecular flexibility index (Phi) is 18.3. The maximum absolute atomic E-state index is 14.4. The summed E-state index contributed by atoms with van der Waals surface area (Å²) in [5.74, 6) is -5.46. The van der Waals surface area contributed by atoms with E-state index in [9.17, 15) is 38.7 Å². The number of nitrogens with one attached hydrogen (secondary N) is 8.